The topological polar surface area (TPSA) is 78.4 Å². The largest absolute Gasteiger partial charge is 0.396 e. The van der Waals surface area contributed by atoms with Crippen LogP contribution in [-0.2, 0) is 4.79 Å². The zero-order valence-electron chi connectivity index (χ0n) is 15.7. The highest BCUT2D eigenvalue weighted by Crippen LogP contribution is 2.37. The summed E-state index contributed by atoms with van der Waals surface area (Å²) in [6, 6.07) is 5.31. The Kier molecular flexibility index (Phi) is 6.22. The average molecular weight is 346 g/mol. The molecule has 1 aromatic rings. The number of rotatable bonds is 6. The van der Waals surface area contributed by atoms with Gasteiger partial charge in [0.05, 0.1) is 6.61 Å². The summed E-state index contributed by atoms with van der Waals surface area (Å²) < 4.78 is 0. The smallest absolute Gasteiger partial charge is 0.251 e. The van der Waals surface area contributed by atoms with Crippen LogP contribution in [0, 0.1) is 18.3 Å². The van der Waals surface area contributed by atoms with Crippen molar-refractivity contribution in [3.05, 3.63) is 29.3 Å². The van der Waals surface area contributed by atoms with Crippen molar-refractivity contribution in [3.8, 4) is 0 Å². The predicted molar refractivity (Wildman–Crippen MR) is 99.6 cm³/mol. The minimum absolute atomic E-state index is 0.00396. The minimum atomic E-state index is -0.241. The van der Waals surface area contributed by atoms with Crippen molar-refractivity contribution >= 4 is 17.5 Å². The van der Waals surface area contributed by atoms with Crippen LogP contribution in [0.5, 0.6) is 0 Å². The summed E-state index contributed by atoms with van der Waals surface area (Å²) in [5.74, 6) is 0.160. The maximum absolute atomic E-state index is 12.6. The van der Waals surface area contributed by atoms with Crippen molar-refractivity contribution in [2.75, 3.05) is 11.9 Å². The van der Waals surface area contributed by atoms with Crippen LogP contribution in [0.15, 0.2) is 18.2 Å². The lowest BCUT2D eigenvalue weighted by Crippen LogP contribution is -2.44. The van der Waals surface area contributed by atoms with Crippen LogP contribution in [0.4, 0.5) is 5.69 Å². The molecule has 2 unspecified atom stereocenters. The van der Waals surface area contributed by atoms with E-state index < -0.39 is 0 Å². The lowest BCUT2D eigenvalue weighted by atomic mass is 9.85. The maximum Gasteiger partial charge on any atom is 0.251 e. The first-order valence-electron chi connectivity index (χ1n) is 9.07. The van der Waals surface area contributed by atoms with E-state index in [1.165, 1.54) is 0 Å². The molecule has 2 atom stereocenters. The molecule has 25 heavy (non-hydrogen) atoms. The van der Waals surface area contributed by atoms with Crippen LogP contribution in [0.2, 0.25) is 0 Å². The van der Waals surface area contributed by atoms with Crippen LogP contribution < -0.4 is 10.6 Å². The summed E-state index contributed by atoms with van der Waals surface area (Å²) in [6.07, 6.45) is 3.31. The van der Waals surface area contributed by atoms with E-state index in [9.17, 15) is 14.7 Å². The van der Waals surface area contributed by atoms with E-state index in [-0.39, 0.29) is 29.9 Å². The molecule has 1 aliphatic carbocycles. The van der Waals surface area contributed by atoms with Crippen molar-refractivity contribution in [2.45, 2.75) is 59.4 Å². The van der Waals surface area contributed by atoms with Crippen LogP contribution in [0.3, 0.4) is 0 Å². The van der Waals surface area contributed by atoms with E-state index >= 15 is 0 Å². The minimum Gasteiger partial charge on any atom is -0.396 e. The highest BCUT2D eigenvalue weighted by atomic mass is 16.3. The lowest BCUT2D eigenvalue weighted by molar-refractivity contribution is -0.116. The van der Waals surface area contributed by atoms with E-state index in [2.05, 4.69) is 10.6 Å². The molecule has 3 N–H and O–H groups in total. The Labute approximate surface area is 150 Å². The van der Waals surface area contributed by atoms with E-state index in [1.807, 2.05) is 27.7 Å². The number of aryl methyl sites for hydroxylation is 1. The standard InChI is InChI=1S/C20H30N2O3/c1-13(2)10-18(24)21-16-8-7-15(11-14(16)3)19(25)22-17-6-5-9-20(17,4)12-23/h7-8,11,13,17,23H,5-6,9-10,12H2,1-4H3,(H,21,24)(H,22,25). The van der Waals surface area contributed by atoms with Gasteiger partial charge in [0.2, 0.25) is 5.91 Å². The van der Waals surface area contributed by atoms with Gasteiger partial charge >= 0.3 is 0 Å². The van der Waals surface area contributed by atoms with Crippen LogP contribution in [-0.4, -0.2) is 29.6 Å². The fraction of sp³-hybridized carbons (Fsp3) is 0.600. The van der Waals surface area contributed by atoms with Gasteiger partial charge in [0.1, 0.15) is 0 Å². The number of carbonyl (C=O) groups excluding carboxylic acids is 2. The second kappa shape index (κ2) is 8.00. The Morgan fingerprint density at radius 1 is 1.36 bits per heavy atom. The molecule has 5 heteroatoms. The SMILES string of the molecule is Cc1cc(C(=O)NC2CCCC2(C)CO)ccc1NC(=O)CC(C)C. The van der Waals surface area contributed by atoms with Gasteiger partial charge < -0.3 is 15.7 Å². The van der Waals surface area contributed by atoms with Gasteiger partial charge in [-0.25, -0.2) is 0 Å². The van der Waals surface area contributed by atoms with Gasteiger partial charge in [0.25, 0.3) is 5.91 Å². The zero-order valence-corrected chi connectivity index (χ0v) is 15.7. The molecule has 0 aromatic heterocycles. The molecular weight excluding hydrogens is 316 g/mol. The number of benzene rings is 1. The number of hydrogen-bond donors (Lipinski definition) is 3. The summed E-state index contributed by atoms with van der Waals surface area (Å²) in [6.45, 7) is 7.99. The van der Waals surface area contributed by atoms with E-state index in [4.69, 9.17) is 0 Å². The molecule has 2 rings (SSSR count). The van der Waals surface area contributed by atoms with Gasteiger partial charge in [-0.2, -0.15) is 0 Å². The molecule has 0 bridgehead atoms. The Hall–Kier alpha value is -1.88. The molecule has 0 radical (unpaired) electrons. The summed E-state index contributed by atoms with van der Waals surface area (Å²) >= 11 is 0. The van der Waals surface area contributed by atoms with Crippen LogP contribution in [0.25, 0.3) is 0 Å². The highest BCUT2D eigenvalue weighted by molar-refractivity contribution is 5.96. The number of hydrogen-bond acceptors (Lipinski definition) is 3. The molecule has 1 fully saturated rings. The molecule has 1 saturated carbocycles. The fourth-order valence-electron chi connectivity index (χ4n) is 3.43. The van der Waals surface area contributed by atoms with Gasteiger partial charge in [-0.1, -0.05) is 27.2 Å². The maximum atomic E-state index is 12.6. The van der Waals surface area contributed by atoms with Crippen molar-refractivity contribution in [2.24, 2.45) is 11.3 Å². The normalized spacial score (nSPS) is 22.9. The Morgan fingerprint density at radius 2 is 2.08 bits per heavy atom. The molecule has 1 aliphatic rings. The predicted octanol–water partition coefficient (Wildman–Crippen LogP) is 3.26. The Morgan fingerprint density at radius 3 is 2.68 bits per heavy atom. The van der Waals surface area contributed by atoms with Gasteiger partial charge in [-0.3, -0.25) is 9.59 Å². The second-order valence-electron chi connectivity index (χ2n) is 7.91. The van der Waals surface area contributed by atoms with Crippen molar-refractivity contribution in [1.82, 2.24) is 5.32 Å². The molecule has 0 saturated heterocycles. The Bertz CT molecular complexity index is 642. The van der Waals surface area contributed by atoms with E-state index in [1.54, 1.807) is 18.2 Å². The Balaban J connectivity index is 2.04. The first kappa shape index (κ1) is 19.4. The van der Waals surface area contributed by atoms with E-state index in [0.717, 1.165) is 30.5 Å². The fourth-order valence-corrected chi connectivity index (χ4v) is 3.43. The molecule has 0 aliphatic heterocycles. The highest BCUT2D eigenvalue weighted by Gasteiger charge is 2.39. The molecule has 0 spiro atoms. The lowest BCUT2D eigenvalue weighted by Gasteiger charge is -2.30. The quantitative estimate of drug-likeness (QED) is 0.740. The third kappa shape index (κ3) is 4.82. The number of amides is 2. The van der Waals surface area contributed by atoms with Crippen molar-refractivity contribution < 1.29 is 14.7 Å². The molecular formula is C20H30N2O3. The average Bonchev–Trinajstić information content (AvgIpc) is 2.90. The number of carbonyl (C=O) groups is 2. The van der Waals surface area contributed by atoms with Crippen molar-refractivity contribution in [1.29, 1.82) is 0 Å². The number of nitrogens with one attached hydrogen (secondary N) is 2. The van der Waals surface area contributed by atoms with Gasteiger partial charge in [0, 0.05) is 29.1 Å². The van der Waals surface area contributed by atoms with Crippen LogP contribution >= 0.6 is 0 Å². The van der Waals surface area contributed by atoms with Crippen molar-refractivity contribution in [3.63, 3.8) is 0 Å². The zero-order chi connectivity index (χ0) is 18.6. The molecule has 1 aromatic carbocycles. The monoisotopic (exact) mass is 346 g/mol. The number of aliphatic hydroxyl groups is 1. The molecule has 2 amide bonds. The third-order valence-electron chi connectivity index (χ3n) is 5.10. The first-order valence-corrected chi connectivity index (χ1v) is 9.07. The van der Waals surface area contributed by atoms with Gasteiger partial charge in [-0.05, 0) is 49.4 Å². The molecule has 138 valence electrons. The number of anilines is 1. The third-order valence-corrected chi connectivity index (χ3v) is 5.10. The molecule has 0 heterocycles. The van der Waals surface area contributed by atoms with Gasteiger partial charge in [0.15, 0.2) is 0 Å². The van der Waals surface area contributed by atoms with E-state index in [0.29, 0.717) is 17.9 Å². The number of aliphatic hydroxyl groups excluding tert-OH is 1. The molecule has 5 nitrogen and oxygen atoms in total. The van der Waals surface area contributed by atoms with Crippen LogP contribution in [0.1, 0.15) is 62.4 Å². The second-order valence-corrected chi connectivity index (χ2v) is 7.91. The van der Waals surface area contributed by atoms with Gasteiger partial charge in [-0.15, -0.1) is 0 Å². The summed E-state index contributed by atoms with van der Waals surface area (Å²) in [5.41, 5.74) is 1.94. The summed E-state index contributed by atoms with van der Waals surface area (Å²) in [4.78, 5) is 24.5. The first-order chi connectivity index (χ1) is 11.7. The summed E-state index contributed by atoms with van der Waals surface area (Å²) in [7, 11) is 0. The summed E-state index contributed by atoms with van der Waals surface area (Å²) in [5, 5.41) is 15.6.